The molecule has 0 amide bonds. The zero-order valence-electron chi connectivity index (χ0n) is 17.9. The highest BCUT2D eigenvalue weighted by molar-refractivity contribution is 7.89. The number of nitrogens with two attached hydrogens (primary N) is 1. The van der Waals surface area contributed by atoms with E-state index >= 15 is 0 Å². The van der Waals surface area contributed by atoms with E-state index in [9.17, 15) is 8.42 Å². The van der Waals surface area contributed by atoms with Crippen molar-refractivity contribution in [3.63, 3.8) is 0 Å². The van der Waals surface area contributed by atoms with E-state index in [2.05, 4.69) is 15.0 Å². The highest BCUT2D eigenvalue weighted by atomic mass is 35.5. The minimum absolute atomic E-state index is 0.00976. The van der Waals surface area contributed by atoms with Crippen molar-refractivity contribution in [1.29, 1.82) is 0 Å². The molecule has 9 nitrogen and oxygen atoms in total. The van der Waals surface area contributed by atoms with Crippen LogP contribution in [0, 0.1) is 0 Å². The Morgan fingerprint density at radius 1 is 1.06 bits per heavy atom. The third-order valence-corrected chi connectivity index (χ3v) is 6.98. The maximum absolute atomic E-state index is 11.9. The Morgan fingerprint density at radius 3 is 2.65 bits per heavy atom. The summed E-state index contributed by atoms with van der Waals surface area (Å²) in [6.07, 6.45) is 6.31. The van der Waals surface area contributed by atoms with Crippen LogP contribution < -0.4 is 9.88 Å². The predicted octanol–water partition coefficient (Wildman–Crippen LogP) is 3.61. The van der Waals surface area contributed by atoms with E-state index in [1.807, 2.05) is 18.2 Å². The molecule has 1 fully saturated rings. The van der Waals surface area contributed by atoms with Gasteiger partial charge in [0.1, 0.15) is 17.3 Å². The highest BCUT2D eigenvalue weighted by Crippen LogP contribution is 2.34. The lowest BCUT2D eigenvalue weighted by Gasteiger charge is -2.22. The third-order valence-electron chi connectivity index (χ3n) is 5.51. The van der Waals surface area contributed by atoms with E-state index in [-0.39, 0.29) is 16.0 Å². The van der Waals surface area contributed by atoms with E-state index in [1.165, 1.54) is 12.4 Å². The molecule has 0 bridgehead atoms. The SMILES string of the molecule is NS(=O)(=O)c1cccc(-c2cncc(-c3ccc4ncnc(OC5CCOCC5)c4n3)c2)c1Cl. The molecule has 4 heterocycles. The summed E-state index contributed by atoms with van der Waals surface area (Å²) in [7, 11) is -3.97. The summed E-state index contributed by atoms with van der Waals surface area (Å²) in [5.41, 5.74) is 3.66. The fourth-order valence-corrected chi connectivity index (χ4v) is 4.98. The molecule has 0 unspecified atom stereocenters. The van der Waals surface area contributed by atoms with Gasteiger partial charge in [0.15, 0.2) is 5.52 Å². The molecule has 0 aliphatic carbocycles. The number of aromatic nitrogens is 4. The molecule has 1 saturated heterocycles. The van der Waals surface area contributed by atoms with Crippen molar-refractivity contribution in [1.82, 2.24) is 19.9 Å². The Morgan fingerprint density at radius 2 is 1.85 bits per heavy atom. The van der Waals surface area contributed by atoms with Gasteiger partial charge in [-0.3, -0.25) is 4.98 Å². The molecule has 174 valence electrons. The first-order valence-electron chi connectivity index (χ1n) is 10.5. The number of ether oxygens (including phenoxy) is 2. The summed E-state index contributed by atoms with van der Waals surface area (Å²) in [6.45, 7) is 1.31. The van der Waals surface area contributed by atoms with Gasteiger partial charge in [0.2, 0.25) is 15.9 Å². The molecule has 1 aromatic carbocycles. The van der Waals surface area contributed by atoms with Gasteiger partial charge in [-0.15, -0.1) is 0 Å². The third kappa shape index (κ3) is 4.58. The summed E-state index contributed by atoms with van der Waals surface area (Å²) < 4.78 is 35.2. The molecular formula is C23H20ClN5O4S. The highest BCUT2D eigenvalue weighted by Gasteiger charge is 2.19. The second-order valence-electron chi connectivity index (χ2n) is 7.80. The van der Waals surface area contributed by atoms with E-state index in [4.69, 9.17) is 31.2 Å². The Labute approximate surface area is 201 Å². The molecule has 2 N–H and O–H groups in total. The molecule has 34 heavy (non-hydrogen) atoms. The van der Waals surface area contributed by atoms with Gasteiger partial charge in [-0.1, -0.05) is 23.7 Å². The number of nitrogens with zero attached hydrogens (tertiary/aromatic N) is 4. The van der Waals surface area contributed by atoms with Crippen molar-refractivity contribution >= 4 is 32.7 Å². The van der Waals surface area contributed by atoms with Crippen LogP contribution in [0.1, 0.15) is 12.8 Å². The van der Waals surface area contributed by atoms with Crippen molar-refractivity contribution < 1.29 is 17.9 Å². The zero-order valence-corrected chi connectivity index (χ0v) is 19.5. The lowest BCUT2D eigenvalue weighted by molar-refractivity contribution is 0.0243. The van der Waals surface area contributed by atoms with Gasteiger partial charge < -0.3 is 9.47 Å². The maximum atomic E-state index is 11.9. The summed E-state index contributed by atoms with van der Waals surface area (Å²) >= 11 is 6.37. The molecule has 0 saturated carbocycles. The minimum atomic E-state index is -3.97. The Bertz CT molecular complexity index is 1480. The number of fused-ring (bicyclic) bond motifs is 1. The van der Waals surface area contributed by atoms with Crippen LogP contribution >= 0.6 is 11.6 Å². The molecule has 4 aromatic rings. The van der Waals surface area contributed by atoms with Crippen LogP contribution in [0.2, 0.25) is 5.02 Å². The van der Waals surface area contributed by atoms with E-state index in [0.29, 0.717) is 52.5 Å². The second kappa shape index (κ2) is 9.22. The van der Waals surface area contributed by atoms with Crippen LogP contribution in [-0.4, -0.2) is 47.7 Å². The first-order valence-corrected chi connectivity index (χ1v) is 12.5. The molecule has 1 aliphatic rings. The summed E-state index contributed by atoms with van der Waals surface area (Å²) in [6, 6.07) is 10.2. The topological polar surface area (TPSA) is 130 Å². The normalized spacial score (nSPS) is 14.9. The Kier molecular flexibility index (Phi) is 6.13. The van der Waals surface area contributed by atoms with Crippen LogP contribution in [0.4, 0.5) is 0 Å². The average molecular weight is 498 g/mol. The monoisotopic (exact) mass is 497 g/mol. The van der Waals surface area contributed by atoms with Crippen molar-refractivity contribution in [2.24, 2.45) is 5.14 Å². The lowest BCUT2D eigenvalue weighted by Crippen LogP contribution is -2.26. The molecule has 0 radical (unpaired) electrons. The Balaban J connectivity index is 1.54. The van der Waals surface area contributed by atoms with Gasteiger partial charge in [0.05, 0.1) is 29.4 Å². The largest absolute Gasteiger partial charge is 0.473 e. The summed E-state index contributed by atoms with van der Waals surface area (Å²) in [4.78, 5) is 17.5. The number of hydrogen-bond donors (Lipinski definition) is 1. The molecule has 3 aromatic heterocycles. The van der Waals surface area contributed by atoms with Crippen LogP contribution in [0.25, 0.3) is 33.4 Å². The van der Waals surface area contributed by atoms with E-state index in [1.54, 1.807) is 24.5 Å². The van der Waals surface area contributed by atoms with E-state index in [0.717, 1.165) is 12.8 Å². The standard InChI is InChI=1S/C23H20ClN5O4S/c24-21-17(2-1-3-20(21)34(25,30)31)14-10-15(12-26-11-14)18-4-5-19-22(29-18)23(28-13-27-19)33-16-6-8-32-9-7-16/h1-5,10-13,16H,6-9H2,(H2,25,30,31). The van der Waals surface area contributed by atoms with Gasteiger partial charge in [-0.05, 0) is 24.3 Å². The van der Waals surface area contributed by atoms with Crippen molar-refractivity contribution in [3.8, 4) is 28.3 Å². The number of sulfonamides is 1. The van der Waals surface area contributed by atoms with Crippen molar-refractivity contribution in [2.75, 3.05) is 13.2 Å². The average Bonchev–Trinajstić information content (AvgIpc) is 2.84. The first kappa shape index (κ1) is 22.6. The van der Waals surface area contributed by atoms with Gasteiger partial charge in [-0.25, -0.2) is 23.5 Å². The van der Waals surface area contributed by atoms with Crippen LogP contribution in [0.5, 0.6) is 5.88 Å². The quantitative estimate of drug-likeness (QED) is 0.442. The van der Waals surface area contributed by atoms with Crippen LogP contribution in [-0.2, 0) is 14.8 Å². The van der Waals surface area contributed by atoms with Crippen LogP contribution in [0.15, 0.2) is 60.0 Å². The van der Waals surface area contributed by atoms with Gasteiger partial charge >= 0.3 is 0 Å². The smallest absolute Gasteiger partial charge is 0.244 e. The van der Waals surface area contributed by atoms with Gasteiger partial charge in [0.25, 0.3) is 0 Å². The molecule has 0 atom stereocenters. The number of rotatable bonds is 5. The second-order valence-corrected chi connectivity index (χ2v) is 9.71. The van der Waals surface area contributed by atoms with Crippen LogP contribution in [0.3, 0.4) is 0 Å². The maximum Gasteiger partial charge on any atom is 0.244 e. The molecular weight excluding hydrogens is 478 g/mol. The fourth-order valence-electron chi connectivity index (χ4n) is 3.80. The predicted molar refractivity (Wildman–Crippen MR) is 127 cm³/mol. The van der Waals surface area contributed by atoms with E-state index < -0.39 is 10.0 Å². The minimum Gasteiger partial charge on any atom is -0.473 e. The number of halogens is 1. The number of primary sulfonamides is 1. The van der Waals surface area contributed by atoms with Gasteiger partial charge in [0, 0.05) is 41.9 Å². The lowest BCUT2D eigenvalue weighted by atomic mass is 10.0. The summed E-state index contributed by atoms with van der Waals surface area (Å²) in [5, 5.41) is 5.33. The number of benzene rings is 1. The van der Waals surface area contributed by atoms with Crippen molar-refractivity contribution in [2.45, 2.75) is 23.8 Å². The summed E-state index contributed by atoms with van der Waals surface area (Å²) in [5.74, 6) is 0.423. The fraction of sp³-hybridized carbons (Fsp3) is 0.217. The number of hydrogen-bond acceptors (Lipinski definition) is 8. The zero-order chi connectivity index (χ0) is 23.7. The number of pyridine rings is 2. The molecule has 1 aliphatic heterocycles. The molecule has 0 spiro atoms. The first-order chi connectivity index (χ1) is 16.4. The molecule has 5 rings (SSSR count). The van der Waals surface area contributed by atoms with Crippen molar-refractivity contribution in [3.05, 3.63) is 60.1 Å². The Hall–Kier alpha value is -3.18. The van der Waals surface area contributed by atoms with Gasteiger partial charge in [-0.2, -0.15) is 4.98 Å². The molecule has 11 heteroatoms.